The number of benzene rings is 1. The molecule has 1 heterocycles. The summed E-state index contributed by atoms with van der Waals surface area (Å²) >= 11 is 0. The average molecular weight is 319 g/mol. The number of carboxylic acid groups (broad SMARTS) is 1. The minimum Gasteiger partial charge on any atom is -0.504 e. The standard InChI is InChI=1S/C18H25NO4/c1-4-5-14-7-13(8-16(23-3)17(14)20)10-19-9-12(2)6-15(11-19)18(21)22/h4,7-8,12,15,20H,1,5-6,9-11H2,2-3H3,(H,21,22). The van der Waals surface area contributed by atoms with Crippen LogP contribution < -0.4 is 4.74 Å². The summed E-state index contributed by atoms with van der Waals surface area (Å²) in [7, 11) is 1.53. The Bertz CT molecular complexity index is 585. The molecule has 0 aliphatic carbocycles. The number of hydrogen-bond acceptors (Lipinski definition) is 4. The maximum absolute atomic E-state index is 11.3. The van der Waals surface area contributed by atoms with Crippen molar-refractivity contribution >= 4 is 5.97 Å². The van der Waals surface area contributed by atoms with Gasteiger partial charge in [-0.2, -0.15) is 0 Å². The van der Waals surface area contributed by atoms with Crippen LogP contribution in [0.5, 0.6) is 11.5 Å². The lowest BCUT2D eigenvalue weighted by atomic mass is 9.90. The van der Waals surface area contributed by atoms with Gasteiger partial charge in [0.2, 0.25) is 0 Å². The number of carbonyl (C=O) groups is 1. The summed E-state index contributed by atoms with van der Waals surface area (Å²) < 4.78 is 5.25. The zero-order valence-electron chi connectivity index (χ0n) is 13.8. The predicted molar refractivity (Wildman–Crippen MR) is 88.7 cm³/mol. The molecule has 1 aliphatic rings. The van der Waals surface area contributed by atoms with Crippen LogP contribution in [0.1, 0.15) is 24.5 Å². The Morgan fingerprint density at radius 3 is 2.83 bits per heavy atom. The quantitative estimate of drug-likeness (QED) is 0.789. The molecular formula is C18H25NO4. The highest BCUT2D eigenvalue weighted by Gasteiger charge is 2.29. The van der Waals surface area contributed by atoms with Gasteiger partial charge in [-0.3, -0.25) is 9.69 Å². The molecule has 126 valence electrons. The van der Waals surface area contributed by atoms with Crippen LogP contribution in [0.4, 0.5) is 0 Å². The number of piperidine rings is 1. The van der Waals surface area contributed by atoms with Crippen LogP contribution in [-0.4, -0.2) is 41.3 Å². The molecule has 2 rings (SSSR count). The average Bonchev–Trinajstić information content (AvgIpc) is 2.50. The molecule has 0 saturated carbocycles. The number of aromatic hydroxyl groups is 1. The topological polar surface area (TPSA) is 70.0 Å². The van der Waals surface area contributed by atoms with Crippen molar-refractivity contribution in [2.45, 2.75) is 26.3 Å². The van der Waals surface area contributed by atoms with Crippen LogP contribution in [0.25, 0.3) is 0 Å². The zero-order chi connectivity index (χ0) is 17.0. The van der Waals surface area contributed by atoms with Gasteiger partial charge in [0.05, 0.1) is 13.0 Å². The van der Waals surface area contributed by atoms with Gasteiger partial charge in [0.15, 0.2) is 11.5 Å². The normalized spacial score (nSPS) is 21.8. The van der Waals surface area contributed by atoms with E-state index >= 15 is 0 Å². The summed E-state index contributed by atoms with van der Waals surface area (Å²) in [4.78, 5) is 13.5. The van der Waals surface area contributed by atoms with Gasteiger partial charge in [0.1, 0.15) is 0 Å². The van der Waals surface area contributed by atoms with Crippen LogP contribution in [0.2, 0.25) is 0 Å². The van der Waals surface area contributed by atoms with Gasteiger partial charge in [-0.25, -0.2) is 0 Å². The third kappa shape index (κ3) is 4.26. The monoisotopic (exact) mass is 319 g/mol. The van der Waals surface area contributed by atoms with E-state index in [1.54, 1.807) is 6.08 Å². The third-order valence-corrected chi connectivity index (χ3v) is 4.29. The fourth-order valence-electron chi connectivity index (χ4n) is 3.31. The first-order valence-electron chi connectivity index (χ1n) is 7.89. The molecule has 2 N–H and O–H groups in total. The molecular weight excluding hydrogens is 294 g/mol. The highest BCUT2D eigenvalue weighted by molar-refractivity contribution is 5.70. The van der Waals surface area contributed by atoms with Gasteiger partial charge in [-0.05, 0) is 30.4 Å². The smallest absolute Gasteiger partial charge is 0.307 e. The van der Waals surface area contributed by atoms with E-state index in [0.717, 1.165) is 24.1 Å². The maximum Gasteiger partial charge on any atom is 0.307 e. The highest BCUT2D eigenvalue weighted by Crippen LogP contribution is 2.33. The fourth-order valence-corrected chi connectivity index (χ4v) is 3.31. The number of hydrogen-bond donors (Lipinski definition) is 2. The van der Waals surface area contributed by atoms with E-state index in [9.17, 15) is 15.0 Å². The fraction of sp³-hybridized carbons (Fsp3) is 0.500. The van der Waals surface area contributed by atoms with Crippen molar-refractivity contribution in [2.24, 2.45) is 11.8 Å². The van der Waals surface area contributed by atoms with Crippen LogP contribution in [0.3, 0.4) is 0 Å². The molecule has 5 nitrogen and oxygen atoms in total. The van der Waals surface area contributed by atoms with Gasteiger partial charge in [0, 0.05) is 25.2 Å². The molecule has 1 fully saturated rings. The van der Waals surface area contributed by atoms with Crippen LogP contribution >= 0.6 is 0 Å². The molecule has 0 spiro atoms. The summed E-state index contributed by atoms with van der Waals surface area (Å²) in [5, 5.41) is 19.4. The second-order valence-electron chi connectivity index (χ2n) is 6.37. The van der Waals surface area contributed by atoms with Crippen molar-refractivity contribution in [2.75, 3.05) is 20.2 Å². The first kappa shape index (κ1) is 17.3. The molecule has 0 aromatic heterocycles. The maximum atomic E-state index is 11.3. The molecule has 1 saturated heterocycles. The van der Waals surface area contributed by atoms with Gasteiger partial charge < -0.3 is 14.9 Å². The van der Waals surface area contributed by atoms with E-state index in [-0.39, 0.29) is 11.7 Å². The summed E-state index contributed by atoms with van der Waals surface area (Å²) in [6, 6.07) is 3.76. The van der Waals surface area contributed by atoms with Crippen LogP contribution in [-0.2, 0) is 17.8 Å². The Morgan fingerprint density at radius 1 is 1.48 bits per heavy atom. The van der Waals surface area contributed by atoms with Crippen LogP contribution in [0, 0.1) is 11.8 Å². The zero-order valence-corrected chi connectivity index (χ0v) is 13.8. The highest BCUT2D eigenvalue weighted by atomic mass is 16.5. The molecule has 1 aliphatic heterocycles. The van der Waals surface area contributed by atoms with Gasteiger partial charge in [0.25, 0.3) is 0 Å². The minimum atomic E-state index is -0.725. The molecule has 0 amide bonds. The van der Waals surface area contributed by atoms with E-state index in [2.05, 4.69) is 18.4 Å². The second kappa shape index (κ2) is 7.51. The first-order valence-corrected chi connectivity index (χ1v) is 7.89. The lowest BCUT2D eigenvalue weighted by molar-refractivity contribution is -0.144. The Morgan fingerprint density at radius 2 is 2.22 bits per heavy atom. The number of carboxylic acids is 1. The third-order valence-electron chi connectivity index (χ3n) is 4.29. The minimum absolute atomic E-state index is 0.145. The summed E-state index contributed by atoms with van der Waals surface area (Å²) in [6.45, 7) is 7.88. The number of aliphatic carboxylic acids is 1. The molecule has 0 radical (unpaired) electrons. The number of likely N-dealkylation sites (tertiary alicyclic amines) is 1. The lowest BCUT2D eigenvalue weighted by Crippen LogP contribution is -2.41. The summed E-state index contributed by atoms with van der Waals surface area (Å²) in [5.41, 5.74) is 1.78. The van der Waals surface area contributed by atoms with Crippen molar-refractivity contribution in [3.63, 3.8) is 0 Å². The van der Waals surface area contributed by atoms with Crippen molar-refractivity contribution < 1.29 is 19.7 Å². The molecule has 2 atom stereocenters. The van der Waals surface area contributed by atoms with Gasteiger partial charge in [-0.1, -0.05) is 19.1 Å². The van der Waals surface area contributed by atoms with E-state index in [0.29, 0.717) is 31.2 Å². The number of rotatable bonds is 6. The molecule has 5 heteroatoms. The second-order valence-corrected chi connectivity index (χ2v) is 6.37. The number of phenolic OH excluding ortho intramolecular Hbond substituents is 1. The van der Waals surface area contributed by atoms with E-state index < -0.39 is 5.97 Å². The lowest BCUT2D eigenvalue weighted by Gasteiger charge is -2.34. The van der Waals surface area contributed by atoms with E-state index in [1.807, 2.05) is 12.1 Å². The van der Waals surface area contributed by atoms with Crippen molar-refractivity contribution in [1.29, 1.82) is 0 Å². The molecule has 0 bridgehead atoms. The SMILES string of the molecule is C=CCc1cc(CN2CC(C)CC(C(=O)O)C2)cc(OC)c1O. The number of phenols is 1. The Labute approximate surface area is 137 Å². The van der Waals surface area contributed by atoms with E-state index in [1.165, 1.54) is 7.11 Å². The molecule has 1 aromatic carbocycles. The van der Waals surface area contributed by atoms with Crippen molar-refractivity contribution in [3.8, 4) is 11.5 Å². The van der Waals surface area contributed by atoms with Crippen molar-refractivity contribution in [3.05, 3.63) is 35.9 Å². The molecule has 2 unspecified atom stereocenters. The summed E-state index contributed by atoms with van der Waals surface area (Å²) in [5.74, 6) is -0.0927. The largest absolute Gasteiger partial charge is 0.504 e. The number of nitrogens with zero attached hydrogens (tertiary/aromatic N) is 1. The summed E-state index contributed by atoms with van der Waals surface area (Å²) in [6.07, 6.45) is 3.03. The Kier molecular flexibility index (Phi) is 5.66. The van der Waals surface area contributed by atoms with Gasteiger partial charge >= 0.3 is 5.97 Å². The Hall–Kier alpha value is -2.01. The van der Waals surface area contributed by atoms with E-state index in [4.69, 9.17) is 4.74 Å². The molecule has 1 aromatic rings. The van der Waals surface area contributed by atoms with Crippen molar-refractivity contribution in [1.82, 2.24) is 4.90 Å². The Balaban J connectivity index is 2.19. The first-order chi connectivity index (χ1) is 10.9. The predicted octanol–water partition coefficient (Wildman–Crippen LogP) is 2.67. The van der Waals surface area contributed by atoms with Gasteiger partial charge in [-0.15, -0.1) is 6.58 Å². The molecule has 23 heavy (non-hydrogen) atoms. The number of ether oxygens (including phenoxy) is 1. The number of allylic oxidation sites excluding steroid dienone is 1. The van der Waals surface area contributed by atoms with Crippen LogP contribution in [0.15, 0.2) is 24.8 Å². The number of methoxy groups -OCH3 is 1.